The molecule has 4 aromatic rings. The van der Waals surface area contributed by atoms with Crippen molar-refractivity contribution >= 4 is 32.6 Å². The van der Waals surface area contributed by atoms with E-state index < -0.39 is 22.0 Å². The molecule has 0 aliphatic heterocycles. The molecule has 1 N–H and O–H groups in total. The number of fused-ring (bicyclic) bond motifs is 2. The number of aromatic nitrogens is 1. The van der Waals surface area contributed by atoms with Crippen LogP contribution in [-0.4, -0.2) is 24.5 Å². The molecule has 5 rings (SSSR count). The summed E-state index contributed by atoms with van der Waals surface area (Å²) in [6.45, 7) is 1.89. The van der Waals surface area contributed by atoms with Crippen LogP contribution in [-0.2, 0) is 16.4 Å². The fourth-order valence-corrected chi connectivity index (χ4v) is 6.28. The molecule has 1 aliphatic carbocycles. The van der Waals surface area contributed by atoms with Crippen molar-refractivity contribution in [2.75, 3.05) is 4.31 Å². The van der Waals surface area contributed by atoms with E-state index in [0.29, 0.717) is 12.2 Å². The van der Waals surface area contributed by atoms with Crippen molar-refractivity contribution in [2.24, 2.45) is 0 Å². The molecule has 1 atom stereocenters. The number of aromatic carboxylic acids is 1. The third-order valence-corrected chi connectivity index (χ3v) is 8.09. The van der Waals surface area contributed by atoms with Crippen molar-refractivity contribution in [3.8, 4) is 0 Å². The highest BCUT2D eigenvalue weighted by Crippen LogP contribution is 2.42. The molecule has 6 nitrogen and oxygen atoms in total. The molecule has 3 aromatic carbocycles. The maximum absolute atomic E-state index is 14.0. The molecule has 0 saturated heterocycles. The van der Waals surface area contributed by atoms with Crippen LogP contribution in [0.4, 0.5) is 5.82 Å². The van der Waals surface area contributed by atoms with E-state index in [1.165, 1.54) is 28.6 Å². The third-order valence-electron chi connectivity index (χ3n) is 6.28. The number of pyridine rings is 1. The number of hydrogen-bond acceptors (Lipinski definition) is 4. The number of hydrogen-bond donors (Lipinski definition) is 1. The monoisotopic (exact) mass is 458 g/mol. The summed E-state index contributed by atoms with van der Waals surface area (Å²) in [6, 6.07) is 20.6. The smallest absolute Gasteiger partial charge is 0.335 e. The molecular formula is C26H22N2O4S. The molecule has 0 bridgehead atoms. The molecule has 1 aliphatic rings. The van der Waals surface area contributed by atoms with Crippen molar-refractivity contribution in [1.82, 2.24) is 4.98 Å². The van der Waals surface area contributed by atoms with Crippen LogP contribution in [0, 0.1) is 6.92 Å². The number of carbonyl (C=O) groups is 1. The zero-order valence-corrected chi connectivity index (χ0v) is 18.8. The van der Waals surface area contributed by atoms with Crippen LogP contribution in [0.3, 0.4) is 0 Å². The van der Waals surface area contributed by atoms with E-state index in [0.717, 1.165) is 33.9 Å². The van der Waals surface area contributed by atoms with Crippen LogP contribution in [0.1, 0.15) is 39.5 Å². The van der Waals surface area contributed by atoms with Crippen molar-refractivity contribution in [3.63, 3.8) is 0 Å². The maximum atomic E-state index is 14.0. The Kier molecular flexibility index (Phi) is 5.13. The molecule has 0 amide bonds. The Hall–Kier alpha value is -3.71. The van der Waals surface area contributed by atoms with E-state index in [4.69, 9.17) is 0 Å². The Morgan fingerprint density at radius 2 is 1.70 bits per heavy atom. The van der Waals surface area contributed by atoms with Crippen LogP contribution in [0.2, 0.25) is 0 Å². The molecule has 0 radical (unpaired) electrons. The molecule has 0 spiro atoms. The normalized spacial score (nSPS) is 15.4. The second kappa shape index (κ2) is 8.01. The summed E-state index contributed by atoms with van der Waals surface area (Å²) in [5, 5.41) is 11.1. The number of carboxylic acid groups (broad SMARTS) is 1. The van der Waals surface area contributed by atoms with E-state index in [9.17, 15) is 18.3 Å². The second-order valence-corrected chi connectivity index (χ2v) is 9.99. The largest absolute Gasteiger partial charge is 0.478 e. The molecule has 0 saturated carbocycles. The highest BCUT2D eigenvalue weighted by molar-refractivity contribution is 7.92. The average Bonchev–Trinajstić information content (AvgIpc) is 3.24. The maximum Gasteiger partial charge on any atom is 0.335 e. The molecule has 33 heavy (non-hydrogen) atoms. The van der Waals surface area contributed by atoms with Gasteiger partial charge in [0.1, 0.15) is 5.82 Å². The minimum Gasteiger partial charge on any atom is -0.478 e. The fraction of sp³-hybridized carbons (Fsp3) is 0.154. The van der Waals surface area contributed by atoms with Gasteiger partial charge in [-0.15, -0.1) is 0 Å². The topological polar surface area (TPSA) is 87.6 Å². The Balaban J connectivity index is 1.72. The number of sulfonamides is 1. The minimum absolute atomic E-state index is 0.0336. The Morgan fingerprint density at radius 3 is 2.45 bits per heavy atom. The van der Waals surface area contributed by atoms with E-state index in [2.05, 4.69) is 4.98 Å². The lowest BCUT2D eigenvalue weighted by Gasteiger charge is -2.31. The van der Waals surface area contributed by atoms with Gasteiger partial charge in [-0.25, -0.2) is 22.5 Å². The van der Waals surface area contributed by atoms with Crippen LogP contribution < -0.4 is 4.31 Å². The molecule has 1 heterocycles. The van der Waals surface area contributed by atoms with Crippen molar-refractivity contribution in [1.29, 1.82) is 0 Å². The van der Waals surface area contributed by atoms with Crippen LogP contribution in [0.25, 0.3) is 10.8 Å². The number of nitrogens with zero attached hydrogens (tertiary/aromatic N) is 2. The van der Waals surface area contributed by atoms with Gasteiger partial charge in [-0.3, -0.25) is 0 Å². The summed E-state index contributed by atoms with van der Waals surface area (Å²) in [4.78, 5) is 15.9. The number of aryl methyl sites for hydroxylation is 2. The fourth-order valence-electron chi connectivity index (χ4n) is 4.61. The molecule has 7 heteroatoms. The molecular weight excluding hydrogens is 436 g/mol. The van der Waals surface area contributed by atoms with Gasteiger partial charge in [-0.2, -0.15) is 0 Å². The number of carboxylic acids is 1. The number of rotatable bonds is 5. The predicted octanol–water partition coefficient (Wildman–Crippen LogP) is 5.12. The van der Waals surface area contributed by atoms with Crippen molar-refractivity contribution in [3.05, 3.63) is 101 Å². The van der Waals surface area contributed by atoms with Gasteiger partial charge in [0.15, 0.2) is 0 Å². The zero-order chi connectivity index (χ0) is 23.2. The van der Waals surface area contributed by atoms with Crippen LogP contribution in [0.5, 0.6) is 0 Å². The van der Waals surface area contributed by atoms with Gasteiger partial charge < -0.3 is 5.11 Å². The van der Waals surface area contributed by atoms with Crippen molar-refractivity contribution in [2.45, 2.75) is 30.7 Å². The SMILES string of the molecule is Cc1c(N([C@@H]2CCc3ccccc32)S(=O)(=O)c2ccc(C(=O)O)cc2)ncc2ccccc12. The first-order valence-corrected chi connectivity index (χ1v) is 12.1. The van der Waals surface area contributed by atoms with E-state index in [-0.39, 0.29) is 10.5 Å². The Labute approximate surface area is 192 Å². The van der Waals surface area contributed by atoms with Gasteiger partial charge in [0, 0.05) is 17.1 Å². The van der Waals surface area contributed by atoms with Gasteiger partial charge in [0.2, 0.25) is 0 Å². The third kappa shape index (κ3) is 3.54. The lowest BCUT2D eigenvalue weighted by atomic mass is 10.1. The van der Waals surface area contributed by atoms with E-state index >= 15 is 0 Å². The lowest BCUT2D eigenvalue weighted by molar-refractivity contribution is 0.0696. The molecule has 1 aromatic heterocycles. The standard InChI is InChI=1S/C26H22N2O4S/c1-17-22-8-4-3-7-20(22)16-27-25(17)28(24-15-12-18-6-2-5-9-23(18)24)33(31,32)21-13-10-19(11-14-21)26(29)30/h2-11,13-14,16,24H,12,15H2,1H3,(H,29,30)/t24-/m1/s1. The van der Waals surface area contributed by atoms with Crippen molar-refractivity contribution < 1.29 is 18.3 Å². The first kappa shape index (κ1) is 21.2. The summed E-state index contributed by atoms with van der Waals surface area (Å²) >= 11 is 0. The highest BCUT2D eigenvalue weighted by atomic mass is 32.2. The summed E-state index contributed by atoms with van der Waals surface area (Å²) in [5.74, 6) is -0.717. The summed E-state index contributed by atoms with van der Waals surface area (Å²) in [7, 11) is -4.04. The Morgan fingerprint density at radius 1 is 1.00 bits per heavy atom. The van der Waals surface area contributed by atoms with Gasteiger partial charge >= 0.3 is 5.97 Å². The Bertz CT molecular complexity index is 1480. The van der Waals surface area contributed by atoms with Gasteiger partial charge in [-0.1, -0.05) is 48.5 Å². The van der Waals surface area contributed by atoms with Gasteiger partial charge in [0.05, 0.1) is 16.5 Å². The first-order valence-electron chi connectivity index (χ1n) is 10.7. The van der Waals surface area contributed by atoms with E-state index in [1.54, 1.807) is 6.20 Å². The predicted molar refractivity (Wildman–Crippen MR) is 127 cm³/mol. The van der Waals surface area contributed by atoms with Gasteiger partial charge in [0.25, 0.3) is 10.0 Å². The first-order chi connectivity index (χ1) is 15.9. The second-order valence-electron chi connectivity index (χ2n) is 8.18. The summed E-state index contributed by atoms with van der Waals surface area (Å²) in [5.41, 5.74) is 2.91. The zero-order valence-electron chi connectivity index (χ0n) is 18.0. The highest BCUT2D eigenvalue weighted by Gasteiger charge is 2.38. The van der Waals surface area contributed by atoms with Gasteiger partial charge in [-0.05, 0) is 60.5 Å². The van der Waals surface area contributed by atoms with Crippen LogP contribution >= 0.6 is 0 Å². The van der Waals surface area contributed by atoms with E-state index in [1.807, 2.05) is 55.5 Å². The molecule has 166 valence electrons. The quantitative estimate of drug-likeness (QED) is 0.448. The minimum atomic E-state index is -4.04. The molecule has 0 fully saturated rings. The summed E-state index contributed by atoms with van der Waals surface area (Å²) < 4.78 is 29.5. The lowest BCUT2D eigenvalue weighted by Crippen LogP contribution is -2.35. The van der Waals surface area contributed by atoms with Crippen LogP contribution in [0.15, 0.2) is 83.9 Å². The number of benzene rings is 3. The average molecular weight is 459 g/mol. The molecule has 0 unspecified atom stereocenters. The number of anilines is 1. The summed E-state index contributed by atoms with van der Waals surface area (Å²) in [6.07, 6.45) is 3.12.